The summed E-state index contributed by atoms with van der Waals surface area (Å²) in [6, 6.07) is 4.22. The van der Waals surface area contributed by atoms with Crippen molar-refractivity contribution >= 4 is 17.6 Å². The Labute approximate surface area is 106 Å². The number of phenolic OH excluding ortho intramolecular Hbond substituents is 1. The molecule has 1 aromatic rings. The molecule has 1 aromatic carbocycles. The number of carbonyl (C=O) groups excluding carboxylic acids is 1. The standard InChI is InChI=1S/C13H17ClO3/c1-3-5-10(4-2)17-13(16)11-7-6-9(15)8-12(11)14/h6-8,10,15H,3-5H2,1-2H3. The zero-order valence-corrected chi connectivity index (χ0v) is 10.8. The van der Waals surface area contributed by atoms with Crippen LogP contribution in [0, 0.1) is 0 Å². The first-order valence-electron chi connectivity index (χ1n) is 5.78. The normalized spacial score (nSPS) is 12.2. The topological polar surface area (TPSA) is 46.5 Å². The lowest BCUT2D eigenvalue weighted by Crippen LogP contribution is -2.17. The van der Waals surface area contributed by atoms with Gasteiger partial charge in [-0.1, -0.05) is 31.9 Å². The summed E-state index contributed by atoms with van der Waals surface area (Å²) in [6.07, 6.45) is 2.53. The lowest BCUT2D eigenvalue weighted by atomic mass is 10.1. The molecule has 3 nitrogen and oxygen atoms in total. The molecule has 0 aromatic heterocycles. The molecular weight excluding hydrogens is 240 g/mol. The Bertz CT molecular complexity index is 390. The van der Waals surface area contributed by atoms with E-state index in [4.69, 9.17) is 16.3 Å². The van der Waals surface area contributed by atoms with E-state index in [-0.39, 0.29) is 16.9 Å². The second kappa shape index (κ2) is 6.50. The minimum atomic E-state index is -0.435. The highest BCUT2D eigenvalue weighted by Crippen LogP contribution is 2.23. The van der Waals surface area contributed by atoms with Crippen LogP contribution in [0.25, 0.3) is 0 Å². The monoisotopic (exact) mass is 256 g/mol. The van der Waals surface area contributed by atoms with Crippen LogP contribution in [0.2, 0.25) is 5.02 Å². The number of carbonyl (C=O) groups is 1. The molecule has 4 heteroatoms. The summed E-state index contributed by atoms with van der Waals surface area (Å²) in [5.74, 6) is -0.401. The highest BCUT2D eigenvalue weighted by Gasteiger charge is 2.16. The molecule has 0 radical (unpaired) electrons. The Morgan fingerprint density at radius 1 is 1.47 bits per heavy atom. The fraction of sp³-hybridized carbons (Fsp3) is 0.462. The van der Waals surface area contributed by atoms with Crippen LogP contribution in [0.15, 0.2) is 18.2 Å². The Balaban J connectivity index is 2.75. The predicted molar refractivity (Wildman–Crippen MR) is 67.5 cm³/mol. The number of hydrogen-bond donors (Lipinski definition) is 1. The largest absolute Gasteiger partial charge is 0.508 e. The van der Waals surface area contributed by atoms with Gasteiger partial charge in [0.15, 0.2) is 0 Å². The summed E-state index contributed by atoms with van der Waals surface area (Å²) >= 11 is 5.87. The van der Waals surface area contributed by atoms with Crippen molar-refractivity contribution in [2.45, 2.75) is 39.2 Å². The lowest BCUT2D eigenvalue weighted by molar-refractivity contribution is 0.0272. The minimum Gasteiger partial charge on any atom is -0.508 e. The summed E-state index contributed by atoms with van der Waals surface area (Å²) < 4.78 is 5.34. The lowest BCUT2D eigenvalue weighted by Gasteiger charge is -2.15. The molecule has 1 unspecified atom stereocenters. The third kappa shape index (κ3) is 3.93. The molecule has 0 heterocycles. The van der Waals surface area contributed by atoms with E-state index in [1.165, 1.54) is 18.2 Å². The SMILES string of the molecule is CCCC(CC)OC(=O)c1ccc(O)cc1Cl. The molecule has 17 heavy (non-hydrogen) atoms. The Hall–Kier alpha value is -1.22. The van der Waals surface area contributed by atoms with E-state index in [9.17, 15) is 9.90 Å². The van der Waals surface area contributed by atoms with Crippen LogP contribution in [0.3, 0.4) is 0 Å². The van der Waals surface area contributed by atoms with Crippen molar-refractivity contribution in [3.8, 4) is 5.75 Å². The van der Waals surface area contributed by atoms with Crippen molar-refractivity contribution in [3.63, 3.8) is 0 Å². The maximum Gasteiger partial charge on any atom is 0.339 e. The number of esters is 1. The highest BCUT2D eigenvalue weighted by atomic mass is 35.5. The molecule has 1 atom stereocenters. The number of hydrogen-bond acceptors (Lipinski definition) is 3. The quantitative estimate of drug-likeness (QED) is 0.816. The molecule has 0 bridgehead atoms. The molecule has 0 saturated heterocycles. The maximum absolute atomic E-state index is 11.8. The summed E-state index contributed by atoms with van der Waals surface area (Å²) in [5.41, 5.74) is 0.291. The van der Waals surface area contributed by atoms with Gasteiger partial charge >= 0.3 is 5.97 Å². The fourth-order valence-electron chi connectivity index (χ4n) is 1.55. The summed E-state index contributed by atoms with van der Waals surface area (Å²) in [7, 11) is 0. The summed E-state index contributed by atoms with van der Waals surface area (Å²) in [4.78, 5) is 11.8. The van der Waals surface area contributed by atoms with E-state index in [0.29, 0.717) is 5.56 Å². The van der Waals surface area contributed by atoms with E-state index in [2.05, 4.69) is 0 Å². The second-order valence-electron chi connectivity index (χ2n) is 3.89. The van der Waals surface area contributed by atoms with Crippen LogP contribution < -0.4 is 0 Å². The average Bonchev–Trinajstić information content (AvgIpc) is 2.28. The van der Waals surface area contributed by atoms with E-state index < -0.39 is 5.97 Å². The van der Waals surface area contributed by atoms with Crippen molar-refractivity contribution in [2.24, 2.45) is 0 Å². The molecule has 1 N–H and O–H groups in total. The predicted octanol–water partition coefficient (Wildman–Crippen LogP) is 3.78. The van der Waals surface area contributed by atoms with Crippen molar-refractivity contribution in [3.05, 3.63) is 28.8 Å². The Morgan fingerprint density at radius 2 is 2.18 bits per heavy atom. The van der Waals surface area contributed by atoms with Gasteiger partial charge in [-0.2, -0.15) is 0 Å². The fourth-order valence-corrected chi connectivity index (χ4v) is 1.80. The molecule has 94 valence electrons. The van der Waals surface area contributed by atoms with Crippen LogP contribution in [0.5, 0.6) is 5.75 Å². The van der Waals surface area contributed by atoms with Gasteiger partial charge in [-0.15, -0.1) is 0 Å². The number of phenols is 1. The average molecular weight is 257 g/mol. The Kier molecular flexibility index (Phi) is 5.29. The van der Waals surface area contributed by atoms with Gasteiger partial charge in [0.25, 0.3) is 0 Å². The first-order valence-corrected chi connectivity index (χ1v) is 6.15. The van der Waals surface area contributed by atoms with Gasteiger partial charge in [0, 0.05) is 0 Å². The van der Waals surface area contributed by atoms with E-state index in [1.54, 1.807) is 0 Å². The van der Waals surface area contributed by atoms with Gasteiger partial charge in [-0.3, -0.25) is 0 Å². The summed E-state index contributed by atoms with van der Waals surface area (Å²) in [6.45, 7) is 4.02. The van der Waals surface area contributed by atoms with Crippen LogP contribution in [0.4, 0.5) is 0 Å². The molecule has 0 spiro atoms. The molecule has 0 aliphatic heterocycles. The molecular formula is C13H17ClO3. The maximum atomic E-state index is 11.8. The number of benzene rings is 1. The van der Waals surface area contributed by atoms with E-state index >= 15 is 0 Å². The first kappa shape index (κ1) is 13.8. The zero-order chi connectivity index (χ0) is 12.8. The third-order valence-corrected chi connectivity index (χ3v) is 2.82. The number of aromatic hydroxyl groups is 1. The van der Waals surface area contributed by atoms with E-state index in [1.807, 2.05) is 13.8 Å². The molecule has 0 amide bonds. The van der Waals surface area contributed by atoms with Gasteiger partial charge < -0.3 is 9.84 Å². The molecule has 0 aliphatic rings. The first-order chi connectivity index (χ1) is 8.08. The second-order valence-corrected chi connectivity index (χ2v) is 4.30. The van der Waals surface area contributed by atoms with Crippen molar-refractivity contribution in [1.29, 1.82) is 0 Å². The zero-order valence-electron chi connectivity index (χ0n) is 10.1. The number of halogens is 1. The van der Waals surface area contributed by atoms with Gasteiger partial charge in [0.1, 0.15) is 11.9 Å². The van der Waals surface area contributed by atoms with Crippen molar-refractivity contribution in [1.82, 2.24) is 0 Å². The van der Waals surface area contributed by atoms with Crippen molar-refractivity contribution in [2.75, 3.05) is 0 Å². The Morgan fingerprint density at radius 3 is 2.71 bits per heavy atom. The number of rotatable bonds is 5. The van der Waals surface area contributed by atoms with Gasteiger partial charge in [0.05, 0.1) is 10.6 Å². The van der Waals surface area contributed by atoms with E-state index in [0.717, 1.165) is 19.3 Å². The van der Waals surface area contributed by atoms with Crippen LogP contribution in [0.1, 0.15) is 43.5 Å². The van der Waals surface area contributed by atoms with Gasteiger partial charge in [0.2, 0.25) is 0 Å². The smallest absolute Gasteiger partial charge is 0.339 e. The van der Waals surface area contributed by atoms with Gasteiger partial charge in [-0.05, 0) is 31.0 Å². The van der Waals surface area contributed by atoms with Crippen LogP contribution in [-0.4, -0.2) is 17.2 Å². The molecule has 0 fully saturated rings. The molecule has 1 rings (SSSR count). The van der Waals surface area contributed by atoms with Crippen LogP contribution >= 0.6 is 11.6 Å². The van der Waals surface area contributed by atoms with Crippen LogP contribution in [-0.2, 0) is 4.74 Å². The summed E-state index contributed by atoms with van der Waals surface area (Å²) in [5, 5.41) is 9.40. The van der Waals surface area contributed by atoms with Crippen molar-refractivity contribution < 1.29 is 14.6 Å². The third-order valence-electron chi connectivity index (χ3n) is 2.51. The van der Waals surface area contributed by atoms with Gasteiger partial charge in [-0.25, -0.2) is 4.79 Å². The molecule has 0 saturated carbocycles. The molecule has 0 aliphatic carbocycles. The minimum absolute atomic E-state index is 0.0344. The highest BCUT2D eigenvalue weighted by molar-refractivity contribution is 6.33. The number of ether oxygens (including phenoxy) is 1.